The zero-order valence-electron chi connectivity index (χ0n) is 9.78. The first-order valence-corrected chi connectivity index (χ1v) is 6.22. The van der Waals surface area contributed by atoms with E-state index >= 15 is 0 Å². The van der Waals surface area contributed by atoms with Gasteiger partial charge in [-0.25, -0.2) is 4.98 Å². The normalized spacial score (nSPS) is 10.4. The van der Waals surface area contributed by atoms with Crippen LogP contribution in [-0.4, -0.2) is 12.1 Å². The monoisotopic (exact) mass is 233 g/mol. The van der Waals surface area contributed by atoms with Crippen molar-refractivity contribution in [3.8, 4) is 16.3 Å². The molecule has 2 rings (SSSR count). The second-order valence-electron chi connectivity index (χ2n) is 3.67. The molecule has 0 aliphatic rings. The molecule has 84 valence electrons. The molecule has 0 saturated carbocycles. The Bertz CT molecular complexity index is 490. The Morgan fingerprint density at radius 2 is 2.19 bits per heavy atom. The van der Waals surface area contributed by atoms with Gasteiger partial charge in [0.1, 0.15) is 10.8 Å². The Hall–Kier alpha value is -1.35. The number of hydrogen-bond donors (Lipinski definition) is 0. The summed E-state index contributed by atoms with van der Waals surface area (Å²) in [5, 5.41) is 3.15. The maximum Gasteiger partial charge on any atom is 0.123 e. The van der Waals surface area contributed by atoms with E-state index in [1.165, 1.54) is 11.1 Å². The van der Waals surface area contributed by atoms with E-state index < -0.39 is 0 Å². The van der Waals surface area contributed by atoms with Crippen LogP contribution >= 0.6 is 11.3 Å². The molecule has 0 N–H and O–H groups in total. The maximum absolute atomic E-state index is 5.32. The van der Waals surface area contributed by atoms with Crippen LogP contribution in [0, 0.1) is 6.92 Å². The number of benzene rings is 1. The van der Waals surface area contributed by atoms with Crippen LogP contribution in [0.1, 0.15) is 18.2 Å². The van der Waals surface area contributed by atoms with Crippen LogP contribution in [0.25, 0.3) is 10.6 Å². The largest absolute Gasteiger partial charge is 0.496 e. The molecule has 1 aromatic carbocycles. The summed E-state index contributed by atoms with van der Waals surface area (Å²) in [6.45, 7) is 4.15. The van der Waals surface area contributed by atoms with Crippen LogP contribution in [0.2, 0.25) is 0 Å². The number of rotatable bonds is 3. The molecule has 3 heteroatoms. The van der Waals surface area contributed by atoms with Crippen molar-refractivity contribution in [3.05, 3.63) is 34.8 Å². The molecule has 16 heavy (non-hydrogen) atoms. The first kappa shape index (κ1) is 11.1. The van der Waals surface area contributed by atoms with E-state index in [9.17, 15) is 0 Å². The first-order chi connectivity index (χ1) is 7.74. The van der Waals surface area contributed by atoms with Crippen molar-refractivity contribution >= 4 is 11.3 Å². The molecule has 0 fully saturated rings. The van der Waals surface area contributed by atoms with Gasteiger partial charge in [0, 0.05) is 16.6 Å². The summed E-state index contributed by atoms with van der Waals surface area (Å²) in [6.07, 6.45) is 0.974. The minimum atomic E-state index is 0.958. The van der Waals surface area contributed by atoms with Gasteiger partial charge in [-0.1, -0.05) is 6.92 Å². The van der Waals surface area contributed by atoms with Crippen LogP contribution in [0.5, 0.6) is 5.75 Å². The minimum Gasteiger partial charge on any atom is -0.496 e. The third-order valence-corrected chi connectivity index (χ3v) is 3.54. The highest BCUT2D eigenvalue weighted by molar-refractivity contribution is 7.13. The van der Waals surface area contributed by atoms with Crippen LogP contribution < -0.4 is 4.74 Å². The number of hydrogen-bond acceptors (Lipinski definition) is 3. The summed E-state index contributed by atoms with van der Waals surface area (Å²) >= 11 is 1.68. The Morgan fingerprint density at radius 1 is 1.38 bits per heavy atom. The predicted molar refractivity (Wildman–Crippen MR) is 68.2 cm³/mol. The minimum absolute atomic E-state index is 0.958. The van der Waals surface area contributed by atoms with E-state index in [1.54, 1.807) is 18.4 Å². The van der Waals surface area contributed by atoms with Gasteiger partial charge in [-0.05, 0) is 37.1 Å². The zero-order chi connectivity index (χ0) is 11.5. The van der Waals surface area contributed by atoms with Crippen LogP contribution in [0.15, 0.2) is 23.6 Å². The van der Waals surface area contributed by atoms with Crippen molar-refractivity contribution in [2.45, 2.75) is 20.3 Å². The topological polar surface area (TPSA) is 22.1 Å². The Morgan fingerprint density at radius 3 is 2.75 bits per heavy atom. The quantitative estimate of drug-likeness (QED) is 0.806. The number of methoxy groups -OCH3 is 1. The molecule has 0 aliphatic carbocycles. The van der Waals surface area contributed by atoms with Gasteiger partial charge in [-0.15, -0.1) is 11.3 Å². The summed E-state index contributed by atoms with van der Waals surface area (Å²) in [5.41, 5.74) is 3.48. The standard InChI is InChI=1S/C13H15NOS/c1-4-10-7-11(5-6-12(10)15-3)13-14-9(2)8-16-13/h5-8H,4H2,1-3H3. The zero-order valence-corrected chi connectivity index (χ0v) is 10.6. The lowest BCUT2D eigenvalue weighted by Gasteiger charge is -2.07. The molecule has 0 bridgehead atoms. The van der Waals surface area contributed by atoms with Crippen LogP contribution in [0.3, 0.4) is 0 Å². The fourth-order valence-electron chi connectivity index (χ4n) is 1.67. The third kappa shape index (κ3) is 2.09. The summed E-state index contributed by atoms with van der Waals surface area (Å²) in [6, 6.07) is 6.25. The van der Waals surface area contributed by atoms with Gasteiger partial charge in [0.25, 0.3) is 0 Å². The predicted octanol–water partition coefficient (Wildman–Crippen LogP) is 3.69. The molecule has 2 aromatic rings. The highest BCUT2D eigenvalue weighted by atomic mass is 32.1. The van der Waals surface area contributed by atoms with Crippen molar-refractivity contribution in [3.63, 3.8) is 0 Å². The number of aromatic nitrogens is 1. The Balaban J connectivity index is 2.43. The molecular weight excluding hydrogens is 218 g/mol. The molecule has 0 spiro atoms. The molecule has 0 unspecified atom stereocenters. The SMILES string of the molecule is CCc1cc(-c2nc(C)cs2)ccc1OC. The summed E-state index contributed by atoms with van der Waals surface area (Å²) < 4.78 is 5.32. The highest BCUT2D eigenvalue weighted by Gasteiger charge is 2.06. The number of nitrogens with zero attached hydrogens (tertiary/aromatic N) is 1. The molecule has 0 radical (unpaired) electrons. The van der Waals surface area contributed by atoms with Crippen molar-refractivity contribution < 1.29 is 4.74 Å². The third-order valence-electron chi connectivity index (χ3n) is 2.53. The lowest BCUT2D eigenvalue weighted by molar-refractivity contribution is 0.410. The van der Waals surface area contributed by atoms with Crippen LogP contribution in [-0.2, 0) is 6.42 Å². The van der Waals surface area contributed by atoms with E-state index in [1.807, 2.05) is 13.0 Å². The fourth-order valence-corrected chi connectivity index (χ4v) is 2.47. The average Bonchev–Trinajstić information content (AvgIpc) is 2.75. The van der Waals surface area contributed by atoms with Crippen molar-refractivity contribution in [1.82, 2.24) is 4.98 Å². The summed E-state index contributed by atoms with van der Waals surface area (Å²) in [7, 11) is 1.71. The first-order valence-electron chi connectivity index (χ1n) is 5.34. The van der Waals surface area contributed by atoms with Crippen molar-refractivity contribution in [1.29, 1.82) is 0 Å². The molecule has 1 aromatic heterocycles. The fraction of sp³-hybridized carbons (Fsp3) is 0.308. The van der Waals surface area contributed by atoms with Gasteiger partial charge in [0.2, 0.25) is 0 Å². The Labute approximate surface area is 99.9 Å². The summed E-state index contributed by atoms with van der Waals surface area (Å²) in [4.78, 5) is 4.49. The molecule has 0 aliphatic heterocycles. The van der Waals surface area contributed by atoms with Crippen molar-refractivity contribution in [2.75, 3.05) is 7.11 Å². The molecule has 0 amide bonds. The second-order valence-corrected chi connectivity index (χ2v) is 4.53. The van der Waals surface area contributed by atoms with Crippen LogP contribution in [0.4, 0.5) is 0 Å². The van der Waals surface area contributed by atoms with E-state index in [-0.39, 0.29) is 0 Å². The van der Waals surface area contributed by atoms with Gasteiger partial charge < -0.3 is 4.74 Å². The Kier molecular flexibility index (Phi) is 3.25. The maximum atomic E-state index is 5.32. The van der Waals surface area contributed by atoms with Gasteiger partial charge in [0.15, 0.2) is 0 Å². The van der Waals surface area contributed by atoms with E-state index in [4.69, 9.17) is 4.74 Å². The number of ether oxygens (including phenoxy) is 1. The number of aryl methyl sites for hydroxylation is 2. The summed E-state index contributed by atoms with van der Waals surface area (Å²) in [5.74, 6) is 0.958. The van der Waals surface area contributed by atoms with Gasteiger partial charge in [0.05, 0.1) is 7.11 Å². The molecule has 0 saturated heterocycles. The average molecular weight is 233 g/mol. The van der Waals surface area contributed by atoms with Gasteiger partial charge in [-0.3, -0.25) is 0 Å². The smallest absolute Gasteiger partial charge is 0.123 e. The molecule has 2 nitrogen and oxygen atoms in total. The van der Waals surface area contributed by atoms with E-state index in [0.29, 0.717) is 0 Å². The molecule has 1 heterocycles. The molecule has 0 atom stereocenters. The van der Waals surface area contributed by atoms with Gasteiger partial charge >= 0.3 is 0 Å². The molecular formula is C13H15NOS. The second kappa shape index (κ2) is 4.66. The lowest BCUT2D eigenvalue weighted by Crippen LogP contribution is -1.91. The van der Waals surface area contributed by atoms with E-state index in [0.717, 1.165) is 22.9 Å². The van der Waals surface area contributed by atoms with E-state index in [2.05, 4.69) is 29.4 Å². The highest BCUT2D eigenvalue weighted by Crippen LogP contribution is 2.28. The van der Waals surface area contributed by atoms with Crippen molar-refractivity contribution in [2.24, 2.45) is 0 Å². The number of thiazole rings is 1. The van der Waals surface area contributed by atoms with Gasteiger partial charge in [-0.2, -0.15) is 0 Å². The lowest BCUT2D eigenvalue weighted by atomic mass is 10.1.